The van der Waals surface area contributed by atoms with E-state index in [-0.39, 0.29) is 6.42 Å². The fourth-order valence-corrected chi connectivity index (χ4v) is 1.65. The monoisotopic (exact) mass is 247 g/mol. The van der Waals surface area contributed by atoms with Crippen molar-refractivity contribution in [3.8, 4) is 0 Å². The minimum absolute atomic E-state index is 0.0816. The average Bonchev–Trinajstić information content (AvgIpc) is 2.11. The SMILES string of the molecule is CC(C)(C)[S@+]([O-])N=CC1=CC(F)=CC(F)C1. The molecule has 0 spiro atoms. The van der Waals surface area contributed by atoms with Crippen LogP contribution >= 0.6 is 0 Å². The summed E-state index contributed by atoms with van der Waals surface area (Å²) in [5.74, 6) is -0.609. The molecule has 0 N–H and O–H groups in total. The maximum Gasteiger partial charge on any atom is 0.144 e. The third-order valence-electron chi connectivity index (χ3n) is 1.93. The highest BCUT2D eigenvalue weighted by molar-refractivity contribution is 7.91. The van der Waals surface area contributed by atoms with E-state index < -0.39 is 28.1 Å². The van der Waals surface area contributed by atoms with Crippen molar-refractivity contribution in [3.63, 3.8) is 0 Å². The Morgan fingerprint density at radius 1 is 1.56 bits per heavy atom. The molecule has 5 heteroatoms. The van der Waals surface area contributed by atoms with E-state index in [4.69, 9.17) is 0 Å². The smallest absolute Gasteiger partial charge is 0.144 e. The van der Waals surface area contributed by atoms with E-state index in [1.54, 1.807) is 20.8 Å². The Hall–Kier alpha value is -0.680. The number of allylic oxidation sites excluding steroid dienone is 4. The second-order valence-electron chi connectivity index (χ2n) is 4.59. The molecule has 2 atom stereocenters. The van der Waals surface area contributed by atoms with E-state index in [1.807, 2.05) is 0 Å². The van der Waals surface area contributed by atoms with Crippen LogP contribution in [0.15, 0.2) is 27.9 Å². The largest absolute Gasteiger partial charge is 0.591 e. The quantitative estimate of drug-likeness (QED) is 0.545. The Labute approximate surface area is 97.5 Å². The lowest BCUT2D eigenvalue weighted by molar-refractivity contribution is 0.389. The summed E-state index contributed by atoms with van der Waals surface area (Å²) in [7, 11) is 0. The van der Waals surface area contributed by atoms with Gasteiger partial charge in [0, 0.05) is 6.42 Å². The van der Waals surface area contributed by atoms with Gasteiger partial charge in [-0.05, 0) is 38.5 Å². The van der Waals surface area contributed by atoms with Gasteiger partial charge >= 0.3 is 0 Å². The van der Waals surface area contributed by atoms with Crippen molar-refractivity contribution >= 4 is 17.6 Å². The van der Waals surface area contributed by atoms with Gasteiger partial charge in [-0.2, -0.15) is 0 Å². The summed E-state index contributed by atoms with van der Waals surface area (Å²) in [6.45, 7) is 5.36. The molecule has 1 aliphatic rings. The molecule has 0 heterocycles. The topological polar surface area (TPSA) is 35.4 Å². The van der Waals surface area contributed by atoms with Crippen molar-refractivity contribution < 1.29 is 13.3 Å². The van der Waals surface area contributed by atoms with Gasteiger partial charge in [-0.1, -0.05) is 4.40 Å². The Balaban J connectivity index is 2.68. The van der Waals surface area contributed by atoms with E-state index >= 15 is 0 Å². The number of alkyl halides is 1. The van der Waals surface area contributed by atoms with Gasteiger partial charge in [0.05, 0.1) is 6.21 Å². The summed E-state index contributed by atoms with van der Waals surface area (Å²) in [5.41, 5.74) is 0.421. The summed E-state index contributed by atoms with van der Waals surface area (Å²) in [4.78, 5) is 0. The normalized spacial score (nSPS) is 24.2. The molecule has 0 aliphatic heterocycles. The zero-order valence-corrected chi connectivity index (χ0v) is 10.4. The van der Waals surface area contributed by atoms with Crippen molar-refractivity contribution in [2.24, 2.45) is 4.40 Å². The average molecular weight is 247 g/mol. The summed E-state index contributed by atoms with van der Waals surface area (Å²) in [5, 5.41) is 0. The third-order valence-corrected chi connectivity index (χ3v) is 3.28. The molecule has 16 heavy (non-hydrogen) atoms. The Morgan fingerprint density at radius 3 is 2.69 bits per heavy atom. The number of hydrogen-bond acceptors (Lipinski definition) is 2. The molecular weight excluding hydrogens is 232 g/mol. The second kappa shape index (κ2) is 5.10. The van der Waals surface area contributed by atoms with Crippen LogP contribution in [0.2, 0.25) is 0 Å². The second-order valence-corrected chi connectivity index (χ2v) is 6.52. The first-order chi connectivity index (χ1) is 7.29. The molecule has 0 saturated heterocycles. The van der Waals surface area contributed by atoms with Crippen LogP contribution in [0.25, 0.3) is 0 Å². The van der Waals surface area contributed by atoms with Crippen molar-refractivity contribution in [1.29, 1.82) is 0 Å². The van der Waals surface area contributed by atoms with E-state index in [0.29, 0.717) is 5.57 Å². The summed E-state index contributed by atoms with van der Waals surface area (Å²) < 4.78 is 40.7. The van der Waals surface area contributed by atoms with E-state index in [0.717, 1.165) is 6.08 Å². The molecule has 2 nitrogen and oxygen atoms in total. The third kappa shape index (κ3) is 4.06. The number of nitrogens with zero attached hydrogens (tertiary/aromatic N) is 1. The van der Waals surface area contributed by atoms with Crippen LogP contribution in [0.5, 0.6) is 0 Å². The van der Waals surface area contributed by atoms with Gasteiger partial charge < -0.3 is 4.55 Å². The van der Waals surface area contributed by atoms with Crippen molar-refractivity contribution in [3.05, 3.63) is 23.6 Å². The van der Waals surface area contributed by atoms with Crippen LogP contribution in [0, 0.1) is 0 Å². The van der Waals surface area contributed by atoms with E-state index in [2.05, 4.69) is 4.40 Å². The van der Waals surface area contributed by atoms with Gasteiger partial charge in [-0.15, -0.1) is 0 Å². The van der Waals surface area contributed by atoms with Crippen LogP contribution < -0.4 is 0 Å². The zero-order chi connectivity index (χ0) is 12.3. The van der Waals surface area contributed by atoms with Gasteiger partial charge in [0.1, 0.15) is 28.1 Å². The van der Waals surface area contributed by atoms with Gasteiger partial charge in [0.2, 0.25) is 0 Å². The predicted molar refractivity (Wildman–Crippen MR) is 63.2 cm³/mol. The molecule has 1 rings (SSSR count). The number of halogens is 2. The highest BCUT2D eigenvalue weighted by Crippen LogP contribution is 2.21. The molecule has 0 aromatic rings. The fraction of sp³-hybridized carbons (Fsp3) is 0.545. The molecule has 1 aliphatic carbocycles. The van der Waals surface area contributed by atoms with Crippen molar-refractivity contribution in [1.82, 2.24) is 0 Å². The molecule has 0 aromatic heterocycles. The Kier molecular flexibility index (Phi) is 4.27. The van der Waals surface area contributed by atoms with Crippen molar-refractivity contribution in [2.45, 2.75) is 38.1 Å². The molecule has 0 bridgehead atoms. The molecule has 0 radical (unpaired) electrons. The van der Waals surface area contributed by atoms with Gasteiger partial charge in [0.15, 0.2) is 0 Å². The summed E-state index contributed by atoms with van der Waals surface area (Å²) >= 11 is -1.40. The minimum Gasteiger partial charge on any atom is -0.591 e. The van der Waals surface area contributed by atoms with Crippen LogP contribution in [-0.2, 0) is 11.4 Å². The first-order valence-electron chi connectivity index (χ1n) is 4.97. The Bertz CT molecular complexity index is 344. The summed E-state index contributed by atoms with van der Waals surface area (Å²) in [6.07, 6.45) is 2.17. The maximum atomic E-state index is 12.9. The zero-order valence-electron chi connectivity index (χ0n) is 9.54. The van der Waals surface area contributed by atoms with Gasteiger partial charge in [-0.25, -0.2) is 8.78 Å². The highest BCUT2D eigenvalue weighted by atomic mass is 32.2. The van der Waals surface area contributed by atoms with Crippen LogP contribution in [-0.4, -0.2) is 21.7 Å². The lowest BCUT2D eigenvalue weighted by atomic mass is 10.0. The van der Waals surface area contributed by atoms with E-state index in [1.165, 1.54) is 12.3 Å². The standard InChI is InChI=1S/C11H15F2NOS/c1-11(2,3)16(15)14-7-8-4-9(12)6-10(13)5-8/h4,6-7,10H,5H2,1-3H3/t10?,16-/m0/s1. The number of rotatable bonds is 2. The van der Waals surface area contributed by atoms with Crippen LogP contribution in [0.3, 0.4) is 0 Å². The van der Waals surface area contributed by atoms with E-state index in [9.17, 15) is 13.3 Å². The summed E-state index contributed by atoms with van der Waals surface area (Å²) in [6, 6.07) is 0. The molecular formula is C11H15F2NOS. The van der Waals surface area contributed by atoms with Gasteiger partial charge in [0.25, 0.3) is 0 Å². The fourth-order valence-electron chi connectivity index (χ4n) is 1.10. The van der Waals surface area contributed by atoms with Gasteiger partial charge in [-0.3, -0.25) is 0 Å². The molecule has 1 unspecified atom stereocenters. The predicted octanol–water partition coefficient (Wildman–Crippen LogP) is 3.04. The van der Waals surface area contributed by atoms with Crippen molar-refractivity contribution in [2.75, 3.05) is 0 Å². The maximum absolute atomic E-state index is 12.9. The molecule has 0 amide bonds. The highest BCUT2D eigenvalue weighted by Gasteiger charge is 2.26. The van der Waals surface area contributed by atoms with Crippen LogP contribution in [0.1, 0.15) is 27.2 Å². The Morgan fingerprint density at radius 2 is 2.19 bits per heavy atom. The lowest BCUT2D eigenvalue weighted by Crippen LogP contribution is -2.26. The van der Waals surface area contributed by atoms with Crippen LogP contribution in [0.4, 0.5) is 8.78 Å². The molecule has 0 saturated carbocycles. The number of hydrogen-bond donors (Lipinski definition) is 0. The lowest BCUT2D eigenvalue weighted by Gasteiger charge is -2.18. The minimum atomic E-state index is -1.40. The first kappa shape index (κ1) is 13.4. The molecule has 90 valence electrons. The first-order valence-corrected chi connectivity index (χ1v) is 6.08. The molecule has 0 fully saturated rings. The molecule has 0 aromatic carbocycles.